The van der Waals surface area contributed by atoms with Gasteiger partial charge in [0, 0.05) is 31.1 Å². The molecule has 0 saturated carbocycles. The van der Waals surface area contributed by atoms with Gasteiger partial charge in [0.25, 0.3) is 0 Å². The van der Waals surface area contributed by atoms with Crippen molar-refractivity contribution in [3.05, 3.63) is 36.4 Å². The van der Waals surface area contributed by atoms with E-state index in [2.05, 4.69) is 15.5 Å². The van der Waals surface area contributed by atoms with Gasteiger partial charge >= 0.3 is 6.03 Å². The van der Waals surface area contributed by atoms with E-state index in [1.54, 1.807) is 25.5 Å². The van der Waals surface area contributed by atoms with Crippen molar-refractivity contribution in [1.29, 1.82) is 0 Å². The van der Waals surface area contributed by atoms with Crippen LogP contribution in [0.4, 0.5) is 4.79 Å². The van der Waals surface area contributed by atoms with Gasteiger partial charge in [-0.05, 0) is 18.1 Å². The maximum Gasteiger partial charge on any atom is 0.312 e. The summed E-state index contributed by atoms with van der Waals surface area (Å²) < 4.78 is 5.28. The third-order valence-corrected chi connectivity index (χ3v) is 3.53. The van der Waals surface area contributed by atoms with Gasteiger partial charge in [0.05, 0.1) is 6.54 Å². The van der Waals surface area contributed by atoms with Gasteiger partial charge in [-0.2, -0.15) is 0 Å². The summed E-state index contributed by atoms with van der Waals surface area (Å²) in [6.45, 7) is 3.91. The Hall–Kier alpha value is -2.90. The Bertz CT molecular complexity index is 699. The lowest BCUT2D eigenvalue weighted by atomic mass is 10.0. The lowest BCUT2D eigenvalue weighted by Gasteiger charge is -2.25. The molecule has 0 bridgehead atoms. The molecule has 3 amide bonds. The molecule has 8 nitrogen and oxygen atoms in total. The summed E-state index contributed by atoms with van der Waals surface area (Å²) in [6.07, 6.45) is 3.34. The summed E-state index contributed by atoms with van der Waals surface area (Å²) in [5, 5.41) is 6.47. The first-order valence-corrected chi connectivity index (χ1v) is 7.55. The Kier molecular flexibility index (Phi) is 5.51. The zero-order valence-corrected chi connectivity index (χ0v) is 13.9. The predicted molar refractivity (Wildman–Crippen MR) is 87.6 cm³/mol. The fourth-order valence-corrected chi connectivity index (χ4v) is 2.26. The van der Waals surface area contributed by atoms with E-state index in [0.717, 1.165) is 5.56 Å². The van der Waals surface area contributed by atoms with Crippen molar-refractivity contribution in [1.82, 2.24) is 20.4 Å². The normalized spacial score (nSPS) is 12.0. The highest BCUT2D eigenvalue weighted by molar-refractivity contribution is 5.86. The lowest BCUT2D eigenvalue weighted by Crippen LogP contribution is -2.51. The number of nitrogens with one attached hydrogen (secondary N) is 1. The molecule has 0 spiro atoms. The van der Waals surface area contributed by atoms with Crippen molar-refractivity contribution in [2.45, 2.75) is 26.4 Å². The molecular weight excluding hydrogens is 310 g/mol. The smallest absolute Gasteiger partial charge is 0.312 e. The number of likely N-dealkylation sites (N-methyl/N-ethyl adjacent to an activating group) is 1. The number of carbonyl (C=O) groups excluding carboxylic acids is 2. The highest BCUT2D eigenvalue weighted by Gasteiger charge is 2.27. The SMILES string of the molecule is CC(C)C(NC(N)=O)C(=O)N(C)Cc1cc(-c2ccncc2)no1. The Morgan fingerprint density at radius 3 is 2.58 bits per heavy atom. The Balaban J connectivity index is 2.06. The number of urea groups is 1. The molecule has 8 heteroatoms. The number of carbonyl (C=O) groups is 2. The number of hydrogen-bond donors (Lipinski definition) is 2. The Morgan fingerprint density at radius 2 is 2.00 bits per heavy atom. The number of nitrogens with zero attached hydrogens (tertiary/aromatic N) is 3. The van der Waals surface area contributed by atoms with Crippen molar-refractivity contribution in [3.63, 3.8) is 0 Å². The lowest BCUT2D eigenvalue weighted by molar-refractivity contribution is -0.133. The molecule has 2 aromatic rings. The minimum atomic E-state index is -0.727. The Labute approximate surface area is 140 Å². The molecule has 0 aliphatic heterocycles. The number of hydrogen-bond acceptors (Lipinski definition) is 5. The third kappa shape index (κ3) is 4.31. The third-order valence-electron chi connectivity index (χ3n) is 3.53. The van der Waals surface area contributed by atoms with E-state index in [1.165, 1.54) is 4.90 Å². The van der Waals surface area contributed by atoms with E-state index in [4.69, 9.17) is 10.3 Å². The number of primary amides is 1. The van der Waals surface area contributed by atoms with Crippen molar-refractivity contribution < 1.29 is 14.1 Å². The number of pyridine rings is 1. The van der Waals surface area contributed by atoms with E-state index in [0.29, 0.717) is 11.5 Å². The van der Waals surface area contributed by atoms with Crippen LogP contribution in [0.3, 0.4) is 0 Å². The molecule has 2 rings (SSSR count). The summed E-state index contributed by atoms with van der Waals surface area (Å²) in [6, 6.07) is 4.00. The van der Waals surface area contributed by atoms with Gasteiger partial charge in [-0.15, -0.1) is 0 Å². The molecule has 24 heavy (non-hydrogen) atoms. The van der Waals surface area contributed by atoms with Crippen LogP contribution >= 0.6 is 0 Å². The molecule has 0 radical (unpaired) electrons. The minimum Gasteiger partial charge on any atom is -0.359 e. The van der Waals surface area contributed by atoms with E-state index in [9.17, 15) is 9.59 Å². The van der Waals surface area contributed by atoms with Gasteiger partial charge in [0.2, 0.25) is 5.91 Å². The molecule has 0 saturated heterocycles. The van der Waals surface area contributed by atoms with Crippen LogP contribution in [0.15, 0.2) is 35.1 Å². The van der Waals surface area contributed by atoms with Crippen LogP contribution in [0.5, 0.6) is 0 Å². The molecule has 0 aromatic carbocycles. The largest absolute Gasteiger partial charge is 0.359 e. The number of amides is 3. The quantitative estimate of drug-likeness (QED) is 0.830. The summed E-state index contributed by atoms with van der Waals surface area (Å²) in [7, 11) is 1.63. The second-order valence-corrected chi connectivity index (χ2v) is 5.84. The highest BCUT2D eigenvalue weighted by atomic mass is 16.5. The van der Waals surface area contributed by atoms with Crippen LogP contribution < -0.4 is 11.1 Å². The Morgan fingerprint density at radius 1 is 1.33 bits per heavy atom. The first-order valence-electron chi connectivity index (χ1n) is 7.55. The van der Waals surface area contributed by atoms with Crippen molar-refractivity contribution in [2.24, 2.45) is 11.7 Å². The maximum absolute atomic E-state index is 12.5. The van der Waals surface area contributed by atoms with E-state index in [-0.39, 0.29) is 18.4 Å². The van der Waals surface area contributed by atoms with Gasteiger partial charge in [-0.25, -0.2) is 4.79 Å². The van der Waals surface area contributed by atoms with Crippen LogP contribution in [0, 0.1) is 5.92 Å². The second kappa shape index (κ2) is 7.58. The molecule has 3 N–H and O–H groups in total. The second-order valence-electron chi connectivity index (χ2n) is 5.84. The van der Waals surface area contributed by atoms with Crippen LogP contribution in [-0.4, -0.2) is 40.1 Å². The molecule has 0 fully saturated rings. The van der Waals surface area contributed by atoms with Crippen molar-refractivity contribution >= 4 is 11.9 Å². The standard InChI is InChI=1S/C16H21N5O3/c1-10(2)14(19-16(17)23)15(22)21(3)9-12-8-13(20-24-12)11-4-6-18-7-5-11/h4-8,10,14H,9H2,1-3H3,(H3,17,19,23). The molecule has 0 aliphatic rings. The molecule has 2 heterocycles. The fraction of sp³-hybridized carbons (Fsp3) is 0.375. The van der Waals surface area contributed by atoms with Crippen LogP contribution in [0.1, 0.15) is 19.6 Å². The first-order chi connectivity index (χ1) is 11.4. The van der Waals surface area contributed by atoms with Crippen molar-refractivity contribution in [3.8, 4) is 11.3 Å². The summed E-state index contributed by atoms with van der Waals surface area (Å²) in [5.41, 5.74) is 6.68. The summed E-state index contributed by atoms with van der Waals surface area (Å²) in [5.74, 6) is 0.208. The van der Waals surface area contributed by atoms with E-state index in [1.807, 2.05) is 26.0 Å². The first kappa shape index (κ1) is 17.5. The molecule has 2 aromatic heterocycles. The minimum absolute atomic E-state index is 0.0884. The van der Waals surface area contributed by atoms with Crippen LogP contribution in [0.25, 0.3) is 11.3 Å². The average molecular weight is 331 g/mol. The number of rotatable bonds is 6. The molecular formula is C16H21N5O3. The monoisotopic (exact) mass is 331 g/mol. The zero-order chi connectivity index (χ0) is 17.7. The van der Waals surface area contributed by atoms with E-state index < -0.39 is 12.1 Å². The molecule has 0 aliphatic carbocycles. The molecule has 1 unspecified atom stereocenters. The van der Waals surface area contributed by atoms with Gasteiger partial charge < -0.3 is 20.5 Å². The maximum atomic E-state index is 12.5. The topological polar surface area (TPSA) is 114 Å². The van der Waals surface area contributed by atoms with Gasteiger partial charge in [-0.3, -0.25) is 9.78 Å². The summed E-state index contributed by atoms with van der Waals surface area (Å²) in [4.78, 5) is 29.0. The fourth-order valence-electron chi connectivity index (χ4n) is 2.26. The van der Waals surface area contributed by atoms with Crippen LogP contribution in [-0.2, 0) is 11.3 Å². The van der Waals surface area contributed by atoms with Crippen molar-refractivity contribution in [2.75, 3.05) is 7.05 Å². The van der Waals surface area contributed by atoms with Gasteiger partial charge in [-0.1, -0.05) is 19.0 Å². The summed E-state index contributed by atoms with van der Waals surface area (Å²) >= 11 is 0. The van der Waals surface area contributed by atoms with Crippen LogP contribution in [0.2, 0.25) is 0 Å². The number of nitrogens with two attached hydrogens (primary N) is 1. The van der Waals surface area contributed by atoms with Gasteiger partial charge in [0.15, 0.2) is 5.76 Å². The van der Waals surface area contributed by atoms with Gasteiger partial charge in [0.1, 0.15) is 11.7 Å². The van der Waals surface area contributed by atoms with E-state index >= 15 is 0 Å². The molecule has 1 atom stereocenters. The highest BCUT2D eigenvalue weighted by Crippen LogP contribution is 2.19. The molecule has 128 valence electrons. The predicted octanol–water partition coefficient (Wildman–Crippen LogP) is 1.39. The average Bonchev–Trinajstić information content (AvgIpc) is 3.01. The number of aromatic nitrogens is 2. The zero-order valence-electron chi connectivity index (χ0n) is 13.9.